The minimum atomic E-state index is -0.416. The van der Waals surface area contributed by atoms with Gasteiger partial charge in [-0.2, -0.15) is 0 Å². The van der Waals surface area contributed by atoms with Crippen molar-refractivity contribution in [1.29, 1.82) is 0 Å². The number of nitrogens with one attached hydrogen (secondary N) is 1. The van der Waals surface area contributed by atoms with Gasteiger partial charge in [-0.15, -0.1) is 0 Å². The van der Waals surface area contributed by atoms with Gasteiger partial charge in [-0.25, -0.2) is 4.79 Å². The van der Waals surface area contributed by atoms with Crippen molar-refractivity contribution in [3.63, 3.8) is 0 Å². The summed E-state index contributed by atoms with van der Waals surface area (Å²) in [4.78, 5) is 24.3. The van der Waals surface area contributed by atoms with Crippen molar-refractivity contribution in [1.82, 2.24) is 0 Å². The fourth-order valence-corrected chi connectivity index (χ4v) is 2.36. The first-order chi connectivity index (χ1) is 12.1. The number of carbonyl (C=O) groups excluding carboxylic acids is 2. The maximum atomic E-state index is 12.2. The van der Waals surface area contributed by atoms with E-state index in [0.717, 1.165) is 5.56 Å². The Hall–Kier alpha value is -3.40. The molecule has 4 heteroatoms. The number of hydrogen-bond acceptors (Lipinski definition) is 3. The van der Waals surface area contributed by atoms with E-state index in [4.69, 9.17) is 4.74 Å². The van der Waals surface area contributed by atoms with Gasteiger partial charge >= 0.3 is 5.97 Å². The van der Waals surface area contributed by atoms with E-state index in [1.54, 1.807) is 54.6 Å². The van der Waals surface area contributed by atoms with Crippen LogP contribution in [-0.2, 0) is 0 Å². The number of hydrogen-bond donors (Lipinski definition) is 1. The second kappa shape index (κ2) is 7.45. The molecule has 0 aliphatic heterocycles. The molecule has 0 bridgehead atoms. The lowest BCUT2D eigenvalue weighted by Gasteiger charge is -2.11. The van der Waals surface area contributed by atoms with Gasteiger partial charge in [0.2, 0.25) is 0 Å². The first-order valence-electron chi connectivity index (χ1n) is 7.88. The van der Waals surface area contributed by atoms with E-state index in [1.165, 1.54) is 0 Å². The van der Waals surface area contributed by atoms with Gasteiger partial charge in [0.05, 0.1) is 5.56 Å². The molecule has 0 fully saturated rings. The van der Waals surface area contributed by atoms with Crippen LogP contribution in [0.2, 0.25) is 0 Å². The molecule has 0 heterocycles. The molecule has 0 atom stereocenters. The zero-order valence-corrected chi connectivity index (χ0v) is 13.7. The van der Waals surface area contributed by atoms with Crippen LogP contribution in [0.15, 0.2) is 78.9 Å². The van der Waals surface area contributed by atoms with E-state index in [0.29, 0.717) is 22.6 Å². The molecule has 0 spiro atoms. The number of anilines is 1. The molecular weight excluding hydrogens is 314 g/mol. The quantitative estimate of drug-likeness (QED) is 0.567. The largest absolute Gasteiger partial charge is 0.423 e. The van der Waals surface area contributed by atoms with Gasteiger partial charge in [0.1, 0.15) is 5.75 Å². The van der Waals surface area contributed by atoms with Crippen LogP contribution in [0.5, 0.6) is 5.75 Å². The zero-order chi connectivity index (χ0) is 17.6. The fraction of sp³-hybridized carbons (Fsp3) is 0.0476. The Morgan fingerprint density at radius 3 is 2.00 bits per heavy atom. The van der Waals surface area contributed by atoms with Crippen LogP contribution in [0.1, 0.15) is 26.3 Å². The summed E-state index contributed by atoms with van der Waals surface area (Å²) in [6.07, 6.45) is 0. The molecule has 1 amide bonds. The average molecular weight is 331 g/mol. The van der Waals surface area contributed by atoms with Crippen LogP contribution in [-0.4, -0.2) is 11.9 Å². The molecule has 0 saturated carbocycles. The van der Waals surface area contributed by atoms with E-state index in [9.17, 15) is 9.59 Å². The minimum Gasteiger partial charge on any atom is -0.423 e. The Labute approximate surface area is 146 Å². The van der Waals surface area contributed by atoms with Crippen molar-refractivity contribution < 1.29 is 14.3 Å². The summed E-state index contributed by atoms with van der Waals surface area (Å²) in [5, 5.41) is 2.86. The molecule has 25 heavy (non-hydrogen) atoms. The SMILES string of the molecule is Cc1cc(OC(=O)c2ccccc2)ccc1NC(=O)c1ccccc1. The minimum absolute atomic E-state index is 0.183. The summed E-state index contributed by atoms with van der Waals surface area (Å²) in [7, 11) is 0. The number of rotatable bonds is 4. The average Bonchev–Trinajstić information content (AvgIpc) is 2.65. The summed E-state index contributed by atoms with van der Waals surface area (Å²) in [6, 6.07) is 22.9. The van der Waals surface area contributed by atoms with E-state index in [-0.39, 0.29) is 5.91 Å². The Bertz CT molecular complexity index is 890. The van der Waals surface area contributed by atoms with Crippen LogP contribution < -0.4 is 10.1 Å². The highest BCUT2D eigenvalue weighted by atomic mass is 16.5. The predicted molar refractivity (Wildman–Crippen MR) is 97.0 cm³/mol. The van der Waals surface area contributed by atoms with Crippen molar-refractivity contribution in [3.05, 3.63) is 95.6 Å². The summed E-state index contributed by atoms with van der Waals surface area (Å²) >= 11 is 0. The molecule has 0 saturated heterocycles. The van der Waals surface area contributed by atoms with Crippen LogP contribution in [0, 0.1) is 6.92 Å². The topological polar surface area (TPSA) is 55.4 Å². The Morgan fingerprint density at radius 2 is 1.40 bits per heavy atom. The smallest absolute Gasteiger partial charge is 0.343 e. The molecule has 0 aliphatic rings. The van der Waals surface area contributed by atoms with Crippen molar-refractivity contribution >= 4 is 17.6 Å². The maximum absolute atomic E-state index is 12.2. The number of ether oxygens (including phenoxy) is 1. The first-order valence-corrected chi connectivity index (χ1v) is 7.88. The Kier molecular flexibility index (Phi) is 4.90. The molecule has 0 aliphatic carbocycles. The Balaban J connectivity index is 1.71. The third kappa shape index (κ3) is 4.12. The monoisotopic (exact) mass is 331 g/mol. The van der Waals surface area contributed by atoms with E-state index < -0.39 is 5.97 Å². The maximum Gasteiger partial charge on any atom is 0.343 e. The summed E-state index contributed by atoms with van der Waals surface area (Å²) in [5.41, 5.74) is 2.55. The van der Waals surface area contributed by atoms with Gasteiger partial charge in [0.15, 0.2) is 0 Å². The summed E-state index contributed by atoms with van der Waals surface area (Å²) in [5.74, 6) is -0.164. The van der Waals surface area contributed by atoms with Gasteiger partial charge in [-0.1, -0.05) is 36.4 Å². The van der Waals surface area contributed by atoms with Gasteiger partial charge in [-0.3, -0.25) is 4.79 Å². The molecule has 0 aromatic heterocycles. The number of carbonyl (C=O) groups is 2. The van der Waals surface area contributed by atoms with Crippen LogP contribution in [0.4, 0.5) is 5.69 Å². The zero-order valence-electron chi connectivity index (χ0n) is 13.7. The second-order valence-corrected chi connectivity index (χ2v) is 5.55. The number of amides is 1. The predicted octanol–water partition coefficient (Wildman–Crippen LogP) is 4.47. The van der Waals surface area contributed by atoms with Crippen molar-refractivity contribution in [2.24, 2.45) is 0 Å². The number of benzene rings is 3. The highest BCUT2D eigenvalue weighted by Crippen LogP contribution is 2.23. The van der Waals surface area contributed by atoms with Crippen molar-refractivity contribution in [2.45, 2.75) is 6.92 Å². The van der Waals surface area contributed by atoms with E-state index in [2.05, 4.69) is 5.32 Å². The standard InChI is InChI=1S/C21H17NO3/c1-15-14-18(25-21(24)17-10-6-3-7-11-17)12-13-19(15)22-20(23)16-8-4-2-5-9-16/h2-14H,1H3,(H,22,23). The molecule has 4 nitrogen and oxygen atoms in total. The molecule has 0 radical (unpaired) electrons. The van der Waals surface area contributed by atoms with E-state index in [1.807, 2.05) is 31.2 Å². The first kappa shape index (κ1) is 16.5. The lowest BCUT2D eigenvalue weighted by molar-refractivity contribution is 0.0734. The van der Waals surface area contributed by atoms with Crippen molar-refractivity contribution in [3.8, 4) is 5.75 Å². The lowest BCUT2D eigenvalue weighted by Crippen LogP contribution is -2.13. The van der Waals surface area contributed by atoms with Gasteiger partial charge in [-0.05, 0) is 55.0 Å². The highest BCUT2D eigenvalue weighted by molar-refractivity contribution is 6.04. The molecule has 1 N–H and O–H groups in total. The summed E-state index contributed by atoms with van der Waals surface area (Å²) in [6.45, 7) is 1.85. The van der Waals surface area contributed by atoms with Gasteiger partial charge in [0, 0.05) is 11.3 Å². The summed E-state index contributed by atoms with van der Waals surface area (Å²) < 4.78 is 5.37. The molecule has 0 unspecified atom stereocenters. The number of aryl methyl sites for hydroxylation is 1. The second-order valence-electron chi connectivity index (χ2n) is 5.55. The molecule has 3 aromatic rings. The Morgan fingerprint density at radius 1 is 0.800 bits per heavy atom. The van der Waals surface area contributed by atoms with Crippen LogP contribution >= 0.6 is 0 Å². The highest BCUT2D eigenvalue weighted by Gasteiger charge is 2.11. The van der Waals surface area contributed by atoms with Crippen LogP contribution in [0.3, 0.4) is 0 Å². The molecule has 124 valence electrons. The van der Waals surface area contributed by atoms with Crippen LogP contribution in [0.25, 0.3) is 0 Å². The van der Waals surface area contributed by atoms with Gasteiger partial charge < -0.3 is 10.1 Å². The lowest BCUT2D eigenvalue weighted by atomic mass is 10.1. The normalized spacial score (nSPS) is 10.1. The van der Waals surface area contributed by atoms with E-state index >= 15 is 0 Å². The molecule has 3 aromatic carbocycles. The molecular formula is C21H17NO3. The third-order valence-corrected chi connectivity index (χ3v) is 3.70. The van der Waals surface area contributed by atoms with Crippen molar-refractivity contribution in [2.75, 3.05) is 5.32 Å². The third-order valence-electron chi connectivity index (χ3n) is 3.70. The van der Waals surface area contributed by atoms with Gasteiger partial charge in [0.25, 0.3) is 5.91 Å². The fourth-order valence-electron chi connectivity index (χ4n) is 2.36. The molecule has 3 rings (SSSR count). The number of esters is 1.